The molecule has 0 aliphatic rings. The first-order valence-corrected chi connectivity index (χ1v) is 8.76. The topological polar surface area (TPSA) is 50.1 Å². The largest absolute Gasteiger partial charge is 0.393 e. The van der Waals surface area contributed by atoms with Crippen LogP contribution < -0.4 is 5.32 Å². The Morgan fingerprint density at radius 2 is 1.68 bits per heavy atom. The summed E-state index contributed by atoms with van der Waals surface area (Å²) in [5.74, 6) is 0.289. The zero-order chi connectivity index (χ0) is 17.5. The second-order valence-electron chi connectivity index (χ2n) is 6.41. The predicted octanol–water partition coefficient (Wildman–Crippen LogP) is 3.52. The van der Waals surface area contributed by atoms with E-state index in [1.54, 1.807) is 0 Å². The lowest BCUT2D eigenvalue weighted by Gasteiger charge is -2.19. The number of nitrogens with one attached hydrogen (secondary N) is 1. The third-order valence-corrected chi connectivity index (χ3v) is 4.26. The summed E-state index contributed by atoms with van der Waals surface area (Å²) in [5, 5.41) is 17.9. The van der Waals surface area contributed by atoms with Crippen LogP contribution in [-0.4, -0.2) is 27.5 Å². The molecule has 0 spiro atoms. The number of benzene rings is 2. The Kier molecular flexibility index (Phi) is 5.99. The molecule has 2 N–H and O–H groups in total. The summed E-state index contributed by atoms with van der Waals surface area (Å²) in [6.45, 7) is 3.37. The molecule has 4 nitrogen and oxygen atoms in total. The Morgan fingerprint density at radius 3 is 2.36 bits per heavy atom. The summed E-state index contributed by atoms with van der Waals surface area (Å²) in [7, 11) is 0. The van der Waals surface area contributed by atoms with E-state index in [0.717, 1.165) is 24.3 Å². The van der Waals surface area contributed by atoms with Crippen LogP contribution in [0.3, 0.4) is 0 Å². The van der Waals surface area contributed by atoms with Crippen LogP contribution in [0.2, 0.25) is 0 Å². The summed E-state index contributed by atoms with van der Waals surface area (Å²) < 4.78 is 1.89. The molecule has 1 heterocycles. The van der Waals surface area contributed by atoms with Crippen molar-refractivity contribution < 1.29 is 5.11 Å². The zero-order valence-electron chi connectivity index (χ0n) is 14.5. The molecule has 1 aromatic heterocycles. The highest BCUT2D eigenvalue weighted by molar-refractivity contribution is 5.30. The lowest BCUT2D eigenvalue weighted by Crippen LogP contribution is -2.24. The van der Waals surface area contributed by atoms with Crippen molar-refractivity contribution in [3.05, 3.63) is 84.2 Å². The lowest BCUT2D eigenvalue weighted by atomic mass is 9.93. The number of hydrogen-bond acceptors (Lipinski definition) is 3. The molecular weight excluding hydrogens is 310 g/mol. The molecule has 25 heavy (non-hydrogen) atoms. The van der Waals surface area contributed by atoms with Gasteiger partial charge in [-0.25, -0.2) is 4.68 Å². The molecule has 2 atom stereocenters. The number of para-hydroxylation sites is 1. The fraction of sp³-hybridized carbons (Fsp3) is 0.286. The summed E-state index contributed by atoms with van der Waals surface area (Å²) in [5.41, 5.74) is 3.32. The van der Waals surface area contributed by atoms with Crippen LogP contribution in [0.25, 0.3) is 5.69 Å². The van der Waals surface area contributed by atoms with E-state index >= 15 is 0 Å². The van der Waals surface area contributed by atoms with Crippen LogP contribution in [-0.2, 0) is 6.54 Å². The van der Waals surface area contributed by atoms with E-state index in [-0.39, 0.29) is 12.0 Å². The minimum atomic E-state index is -0.315. The fourth-order valence-electron chi connectivity index (χ4n) is 3.03. The summed E-state index contributed by atoms with van der Waals surface area (Å²) in [6.07, 6.45) is 2.41. The zero-order valence-corrected chi connectivity index (χ0v) is 14.5. The number of aliphatic hydroxyl groups is 1. The molecular formula is C21H25N3O. The Morgan fingerprint density at radius 1 is 1.00 bits per heavy atom. The number of aromatic nitrogens is 2. The minimum absolute atomic E-state index is 0.289. The van der Waals surface area contributed by atoms with Gasteiger partial charge in [0.1, 0.15) is 0 Å². The lowest BCUT2D eigenvalue weighted by molar-refractivity contribution is 0.173. The molecule has 130 valence electrons. The summed E-state index contributed by atoms with van der Waals surface area (Å²) in [6, 6.07) is 22.5. The van der Waals surface area contributed by atoms with Gasteiger partial charge in [-0.1, -0.05) is 48.5 Å². The molecule has 0 radical (unpaired) electrons. The Labute approximate surface area is 149 Å². The van der Waals surface area contributed by atoms with E-state index < -0.39 is 0 Å². The van der Waals surface area contributed by atoms with Crippen LogP contribution in [0.15, 0.2) is 72.9 Å². The molecule has 0 saturated carbocycles. The molecule has 3 aromatic rings. The van der Waals surface area contributed by atoms with E-state index in [2.05, 4.69) is 22.5 Å². The highest BCUT2D eigenvalue weighted by Gasteiger charge is 2.14. The van der Waals surface area contributed by atoms with Gasteiger partial charge in [0.2, 0.25) is 0 Å². The molecule has 0 aliphatic heterocycles. The van der Waals surface area contributed by atoms with Gasteiger partial charge in [0, 0.05) is 19.3 Å². The molecule has 0 aliphatic carbocycles. The summed E-state index contributed by atoms with van der Waals surface area (Å²) >= 11 is 0. The van der Waals surface area contributed by atoms with Crippen molar-refractivity contribution in [2.75, 3.05) is 6.54 Å². The molecule has 0 fully saturated rings. The average Bonchev–Trinajstić information content (AvgIpc) is 3.11. The van der Waals surface area contributed by atoms with E-state index in [1.807, 2.05) is 72.4 Å². The van der Waals surface area contributed by atoms with E-state index in [9.17, 15) is 5.11 Å². The number of aliphatic hydroxyl groups excluding tert-OH is 1. The number of rotatable bonds is 8. The maximum absolute atomic E-state index is 9.79. The van der Waals surface area contributed by atoms with Gasteiger partial charge >= 0.3 is 0 Å². The Balaban J connectivity index is 1.58. The van der Waals surface area contributed by atoms with Crippen molar-refractivity contribution in [3.63, 3.8) is 0 Å². The second kappa shape index (κ2) is 8.60. The van der Waals surface area contributed by atoms with Crippen LogP contribution in [0.1, 0.15) is 30.5 Å². The predicted molar refractivity (Wildman–Crippen MR) is 101 cm³/mol. The standard InChI is InChI=1S/C21H25N3O/c1-17(25)14-19(18-8-4-2-5-9-18)15-22-16-20-12-13-24(23-20)21-10-6-3-7-11-21/h2-13,17,19,22,25H,14-16H2,1H3. The van der Waals surface area contributed by atoms with Crippen molar-refractivity contribution in [3.8, 4) is 5.69 Å². The Bertz CT molecular complexity index is 753. The number of nitrogens with zero attached hydrogens (tertiary/aromatic N) is 2. The first-order valence-electron chi connectivity index (χ1n) is 8.76. The molecule has 0 amide bonds. The monoisotopic (exact) mass is 335 g/mol. The second-order valence-corrected chi connectivity index (χ2v) is 6.41. The van der Waals surface area contributed by atoms with Gasteiger partial charge in [-0.15, -0.1) is 0 Å². The maximum atomic E-state index is 9.79. The third kappa shape index (κ3) is 5.02. The number of hydrogen-bond donors (Lipinski definition) is 2. The van der Waals surface area contributed by atoms with Crippen molar-refractivity contribution in [2.45, 2.75) is 31.9 Å². The SMILES string of the molecule is CC(O)CC(CNCc1ccn(-c2ccccc2)n1)c1ccccc1. The van der Waals surface area contributed by atoms with Crippen LogP contribution in [0.5, 0.6) is 0 Å². The fourth-order valence-corrected chi connectivity index (χ4v) is 3.03. The smallest absolute Gasteiger partial charge is 0.0766 e. The van der Waals surface area contributed by atoms with Gasteiger partial charge in [0.05, 0.1) is 17.5 Å². The normalized spacial score (nSPS) is 13.5. The molecule has 2 unspecified atom stereocenters. The molecule has 3 rings (SSSR count). The van der Waals surface area contributed by atoms with Crippen LogP contribution in [0, 0.1) is 0 Å². The van der Waals surface area contributed by atoms with E-state index in [0.29, 0.717) is 6.54 Å². The van der Waals surface area contributed by atoms with Gasteiger partial charge in [-0.3, -0.25) is 0 Å². The van der Waals surface area contributed by atoms with Gasteiger partial charge in [-0.2, -0.15) is 5.10 Å². The molecule has 2 aromatic carbocycles. The van der Waals surface area contributed by atoms with Crippen molar-refractivity contribution in [1.29, 1.82) is 0 Å². The van der Waals surface area contributed by atoms with Crippen LogP contribution in [0.4, 0.5) is 0 Å². The quantitative estimate of drug-likeness (QED) is 0.662. The molecule has 0 bridgehead atoms. The maximum Gasteiger partial charge on any atom is 0.0766 e. The molecule has 4 heteroatoms. The Hall–Kier alpha value is -2.43. The van der Waals surface area contributed by atoms with Crippen LogP contribution >= 0.6 is 0 Å². The van der Waals surface area contributed by atoms with Gasteiger partial charge in [-0.05, 0) is 43.0 Å². The molecule has 0 saturated heterocycles. The first kappa shape index (κ1) is 17.4. The van der Waals surface area contributed by atoms with Crippen molar-refractivity contribution in [1.82, 2.24) is 15.1 Å². The third-order valence-electron chi connectivity index (χ3n) is 4.26. The summed E-state index contributed by atoms with van der Waals surface area (Å²) in [4.78, 5) is 0. The highest BCUT2D eigenvalue weighted by atomic mass is 16.3. The average molecular weight is 335 g/mol. The van der Waals surface area contributed by atoms with E-state index in [4.69, 9.17) is 0 Å². The van der Waals surface area contributed by atoms with Crippen molar-refractivity contribution in [2.24, 2.45) is 0 Å². The van der Waals surface area contributed by atoms with Gasteiger partial charge in [0.15, 0.2) is 0 Å². The van der Waals surface area contributed by atoms with Gasteiger partial charge in [0.25, 0.3) is 0 Å². The van der Waals surface area contributed by atoms with Crippen molar-refractivity contribution >= 4 is 0 Å². The minimum Gasteiger partial charge on any atom is -0.393 e. The highest BCUT2D eigenvalue weighted by Crippen LogP contribution is 2.20. The van der Waals surface area contributed by atoms with E-state index in [1.165, 1.54) is 5.56 Å². The van der Waals surface area contributed by atoms with Gasteiger partial charge < -0.3 is 10.4 Å². The first-order chi connectivity index (χ1) is 12.2.